The van der Waals surface area contributed by atoms with Crippen molar-refractivity contribution in [2.75, 3.05) is 6.61 Å². The van der Waals surface area contributed by atoms with Gasteiger partial charge in [0.1, 0.15) is 17.2 Å². The average molecular weight is 447 g/mol. The molecule has 0 aliphatic rings. The third kappa shape index (κ3) is 6.09. The Bertz CT molecular complexity index is 911. The van der Waals surface area contributed by atoms with Gasteiger partial charge in [-0.1, -0.05) is 17.3 Å². The lowest BCUT2D eigenvalue weighted by Crippen LogP contribution is -2.10. The third-order valence-electron chi connectivity index (χ3n) is 3.61. The fraction of sp³-hybridized carbons (Fsp3) is 0.250. The largest absolute Gasteiger partial charge is 0.492 e. The first-order valence-corrected chi connectivity index (χ1v) is 9.49. The SMILES string of the molecule is Cc1noc(COc2ccc(OC(=O)CCCOc3ccccc3Br)cc2)n1. The van der Waals surface area contributed by atoms with Crippen LogP contribution in [0.2, 0.25) is 0 Å². The van der Waals surface area contributed by atoms with Gasteiger partial charge in [-0.25, -0.2) is 0 Å². The minimum Gasteiger partial charge on any atom is -0.492 e. The van der Waals surface area contributed by atoms with E-state index in [1.165, 1.54) is 0 Å². The molecule has 0 aliphatic carbocycles. The van der Waals surface area contributed by atoms with Gasteiger partial charge in [-0.05, 0) is 65.7 Å². The number of ether oxygens (including phenoxy) is 3. The summed E-state index contributed by atoms with van der Waals surface area (Å²) in [5.74, 6) is 2.46. The minimum absolute atomic E-state index is 0.178. The van der Waals surface area contributed by atoms with Gasteiger partial charge < -0.3 is 18.7 Å². The van der Waals surface area contributed by atoms with Crippen LogP contribution in [-0.4, -0.2) is 22.7 Å². The van der Waals surface area contributed by atoms with Gasteiger partial charge in [0.15, 0.2) is 12.4 Å². The van der Waals surface area contributed by atoms with E-state index in [2.05, 4.69) is 26.1 Å². The topological polar surface area (TPSA) is 83.7 Å². The summed E-state index contributed by atoms with van der Waals surface area (Å²) < 4.78 is 22.3. The second kappa shape index (κ2) is 9.89. The molecule has 7 nitrogen and oxygen atoms in total. The van der Waals surface area contributed by atoms with E-state index in [4.69, 9.17) is 18.7 Å². The zero-order valence-electron chi connectivity index (χ0n) is 15.3. The summed E-state index contributed by atoms with van der Waals surface area (Å²) in [6.07, 6.45) is 0.824. The quantitative estimate of drug-likeness (QED) is 0.272. The second-order valence-electron chi connectivity index (χ2n) is 5.85. The summed E-state index contributed by atoms with van der Waals surface area (Å²) in [6, 6.07) is 14.3. The molecular weight excluding hydrogens is 428 g/mol. The van der Waals surface area contributed by atoms with Crippen molar-refractivity contribution in [3.05, 3.63) is 64.7 Å². The predicted octanol–water partition coefficient (Wildman–Crippen LogP) is 4.48. The van der Waals surface area contributed by atoms with Gasteiger partial charge in [-0.3, -0.25) is 4.79 Å². The molecule has 0 spiro atoms. The van der Waals surface area contributed by atoms with Crippen molar-refractivity contribution >= 4 is 21.9 Å². The van der Waals surface area contributed by atoms with Crippen molar-refractivity contribution in [3.63, 3.8) is 0 Å². The van der Waals surface area contributed by atoms with Crippen LogP contribution in [0.25, 0.3) is 0 Å². The molecular formula is C20H19BrN2O5. The molecule has 1 aromatic heterocycles. The predicted molar refractivity (Wildman–Crippen MR) is 104 cm³/mol. The third-order valence-corrected chi connectivity index (χ3v) is 4.26. The Hall–Kier alpha value is -2.87. The number of benzene rings is 2. The Labute approximate surface area is 170 Å². The molecule has 0 fully saturated rings. The summed E-state index contributed by atoms with van der Waals surface area (Å²) >= 11 is 3.41. The Kier molecular flexibility index (Phi) is 7.02. The highest BCUT2D eigenvalue weighted by Gasteiger charge is 2.07. The standard InChI is InChI=1S/C20H19BrN2O5/c1-14-22-19(28-23-14)13-26-15-8-10-16(11-9-15)27-20(24)7-4-12-25-18-6-3-2-5-17(18)21/h2-3,5-6,8-11H,4,7,12-13H2,1H3. The van der Waals surface area contributed by atoms with E-state index in [-0.39, 0.29) is 19.0 Å². The molecule has 0 aliphatic heterocycles. The van der Waals surface area contributed by atoms with Gasteiger partial charge in [0.25, 0.3) is 5.89 Å². The Morgan fingerprint density at radius 2 is 1.82 bits per heavy atom. The monoisotopic (exact) mass is 446 g/mol. The Morgan fingerprint density at radius 1 is 1.07 bits per heavy atom. The molecule has 1 heterocycles. The van der Waals surface area contributed by atoms with Crippen molar-refractivity contribution in [2.45, 2.75) is 26.4 Å². The Balaban J connectivity index is 1.37. The van der Waals surface area contributed by atoms with Crippen LogP contribution in [0.4, 0.5) is 0 Å². The van der Waals surface area contributed by atoms with Crippen LogP contribution < -0.4 is 14.2 Å². The molecule has 0 unspecified atom stereocenters. The summed E-state index contributed by atoms with van der Waals surface area (Å²) in [4.78, 5) is 16.0. The summed E-state index contributed by atoms with van der Waals surface area (Å²) in [5.41, 5.74) is 0. The first-order chi connectivity index (χ1) is 13.6. The van der Waals surface area contributed by atoms with Gasteiger partial charge in [-0.2, -0.15) is 4.98 Å². The van der Waals surface area contributed by atoms with Crippen LogP contribution in [0.5, 0.6) is 17.2 Å². The smallest absolute Gasteiger partial charge is 0.311 e. The number of aromatic nitrogens is 2. The maximum Gasteiger partial charge on any atom is 0.311 e. The molecule has 28 heavy (non-hydrogen) atoms. The van der Waals surface area contributed by atoms with Crippen LogP contribution >= 0.6 is 15.9 Å². The van der Waals surface area contributed by atoms with Crippen molar-refractivity contribution in [2.24, 2.45) is 0 Å². The molecule has 0 N–H and O–H groups in total. The molecule has 0 saturated heterocycles. The molecule has 3 aromatic rings. The highest BCUT2D eigenvalue weighted by Crippen LogP contribution is 2.24. The number of para-hydroxylation sites is 1. The second-order valence-corrected chi connectivity index (χ2v) is 6.71. The van der Waals surface area contributed by atoms with E-state index in [0.717, 1.165) is 10.2 Å². The number of carbonyl (C=O) groups excluding carboxylic acids is 1. The molecule has 8 heteroatoms. The molecule has 0 bridgehead atoms. The first-order valence-electron chi connectivity index (χ1n) is 8.70. The van der Waals surface area contributed by atoms with Gasteiger partial charge in [0.2, 0.25) is 0 Å². The molecule has 0 amide bonds. The lowest BCUT2D eigenvalue weighted by atomic mass is 10.3. The number of hydrogen-bond acceptors (Lipinski definition) is 7. The fourth-order valence-electron chi connectivity index (χ4n) is 2.29. The highest BCUT2D eigenvalue weighted by molar-refractivity contribution is 9.10. The minimum atomic E-state index is -0.314. The van der Waals surface area contributed by atoms with Crippen LogP contribution in [0.1, 0.15) is 24.6 Å². The molecule has 0 atom stereocenters. The molecule has 146 valence electrons. The Morgan fingerprint density at radius 3 is 2.54 bits per heavy atom. The van der Waals surface area contributed by atoms with Crippen molar-refractivity contribution < 1.29 is 23.5 Å². The number of rotatable bonds is 9. The lowest BCUT2D eigenvalue weighted by Gasteiger charge is -2.08. The van der Waals surface area contributed by atoms with Gasteiger partial charge >= 0.3 is 5.97 Å². The molecule has 0 radical (unpaired) electrons. The van der Waals surface area contributed by atoms with E-state index >= 15 is 0 Å². The normalized spacial score (nSPS) is 10.5. The summed E-state index contributed by atoms with van der Waals surface area (Å²) in [7, 11) is 0. The van der Waals surface area contributed by atoms with E-state index < -0.39 is 0 Å². The molecule has 3 rings (SSSR count). The number of nitrogens with zero attached hydrogens (tertiary/aromatic N) is 2. The zero-order chi connectivity index (χ0) is 19.8. The molecule has 2 aromatic carbocycles. The fourth-order valence-corrected chi connectivity index (χ4v) is 2.69. The van der Waals surface area contributed by atoms with Gasteiger partial charge in [0, 0.05) is 6.42 Å². The summed E-state index contributed by atoms with van der Waals surface area (Å²) in [6.45, 7) is 2.35. The van der Waals surface area contributed by atoms with Crippen molar-refractivity contribution in [3.8, 4) is 17.2 Å². The number of halogens is 1. The van der Waals surface area contributed by atoms with E-state index in [9.17, 15) is 4.79 Å². The van der Waals surface area contributed by atoms with Crippen LogP contribution in [-0.2, 0) is 11.4 Å². The van der Waals surface area contributed by atoms with Gasteiger partial charge in [-0.15, -0.1) is 0 Å². The van der Waals surface area contributed by atoms with Crippen LogP contribution in [0.15, 0.2) is 57.5 Å². The van der Waals surface area contributed by atoms with E-state index in [1.807, 2.05) is 24.3 Å². The maximum atomic E-state index is 11.9. The van der Waals surface area contributed by atoms with E-state index in [0.29, 0.717) is 36.2 Å². The number of hydrogen-bond donors (Lipinski definition) is 0. The summed E-state index contributed by atoms with van der Waals surface area (Å²) in [5, 5.41) is 3.69. The lowest BCUT2D eigenvalue weighted by molar-refractivity contribution is -0.134. The number of aryl methyl sites for hydroxylation is 1. The maximum absolute atomic E-state index is 11.9. The van der Waals surface area contributed by atoms with Crippen LogP contribution in [0, 0.1) is 6.92 Å². The first kappa shape index (κ1) is 19.9. The van der Waals surface area contributed by atoms with Crippen molar-refractivity contribution in [1.29, 1.82) is 0 Å². The van der Waals surface area contributed by atoms with Crippen LogP contribution in [0.3, 0.4) is 0 Å². The zero-order valence-corrected chi connectivity index (χ0v) is 16.8. The molecule has 0 saturated carbocycles. The van der Waals surface area contributed by atoms with E-state index in [1.54, 1.807) is 31.2 Å². The average Bonchev–Trinajstić information content (AvgIpc) is 3.11. The van der Waals surface area contributed by atoms with Crippen molar-refractivity contribution in [1.82, 2.24) is 10.1 Å². The van der Waals surface area contributed by atoms with Gasteiger partial charge in [0.05, 0.1) is 11.1 Å². The number of carbonyl (C=O) groups is 1. The highest BCUT2D eigenvalue weighted by atomic mass is 79.9. The number of esters is 1.